The van der Waals surface area contributed by atoms with Crippen molar-refractivity contribution in [2.24, 2.45) is 0 Å². The molecule has 1 aromatic carbocycles. The number of rotatable bonds is 4. The Morgan fingerprint density at radius 3 is 2.69 bits per heavy atom. The number of thiophene rings is 1. The molecular formula is C24H22ClF3N3O3S-. The maximum atomic E-state index is 14.4. The molecule has 11 heteroatoms. The van der Waals surface area contributed by atoms with Gasteiger partial charge in [0.2, 0.25) is 0 Å². The van der Waals surface area contributed by atoms with Crippen molar-refractivity contribution in [3.63, 3.8) is 0 Å². The van der Waals surface area contributed by atoms with Crippen molar-refractivity contribution in [1.29, 1.82) is 0 Å². The molecule has 5 rings (SSSR count). The van der Waals surface area contributed by atoms with Crippen LogP contribution < -0.4 is 5.11 Å². The number of carbonyl (C=O) groups is 1. The number of fused-ring (bicyclic) bond motifs is 2. The van der Waals surface area contributed by atoms with E-state index in [0.717, 1.165) is 23.0 Å². The van der Waals surface area contributed by atoms with Crippen LogP contribution >= 0.6 is 22.9 Å². The quantitative estimate of drug-likeness (QED) is 0.508. The van der Waals surface area contributed by atoms with E-state index in [4.69, 9.17) is 16.3 Å². The first-order chi connectivity index (χ1) is 16.5. The third-order valence-electron chi connectivity index (χ3n) is 6.91. The maximum absolute atomic E-state index is 14.4. The Balaban J connectivity index is 1.36. The second-order valence-electron chi connectivity index (χ2n) is 9.10. The number of halogens is 4. The lowest BCUT2D eigenvalue weighted by Crippen LogP contribution is -2.48. The van der Waals surface area contributed by atoms with Crippen LogP contribution in [-0.2, 0) is 22.8 Å². The number of carbonyl (C=O) groups excluding carboxylic acids is 1. The average Bonchev–Trinajstić information content (AvgIpc) is 3.38. The molecule has 1 fully saturated rings. The topological polar surface area (TPSA) is 70.4 Å². The fourth-order valence-electron chi connectivity index (χ4n) is 4.93. The lowest BCUT2D eigenvalue weighted by molar-refractivity contribution is -0.255. The Bertz CT molecular complexity index is 1310. The number of likely N-dealkylation sites (tertiary alicyclic amines) is 1. The fourth-order valence-corrected chi connectivity index (χ4v) is 6.41. The smallest absolute Gasteiger partial charge is 0.297 e. The van der Waals surface area contributed by atoms with Gasteiger partial charge in [-0.3, -0.25) is 4.90 Å². The van der Waals surface area contributed by atoms with Gasteiger partial charge in [-0.25, -0.2) is 9.07 Å². The van der Waals surface area contributed by atoms with Crippen molar-refractivity contribution in [3.8, 4) is 5.69 Å². The zero-order chi connectivity index (χ0) is 25.1. The standard InChI is InChI=1S/C24H23ClF3N3O3S/c1-13-18(26)4-3-16(22(32)33)20(13)31-11-15(14(2)29-31)10-30-7-5-23(6-8-30)21-17(9-19(25)35-21)24(27,28)12-34-23/h3-4,9,11H,5-8,10,12H2,1-2H3,(H,32,33)/p-1. The largest absolute Gasteiger partial charge is 0.545 e. The van der Waals surface area contributed by atoms with Crippen LogP contribution in [0.4, 0.5) is 13.2 Å². The number of hydrogen-bond donors (Lipinski definition) is 0. The zero-order valence-electron chi connectivity index (χ0n) is 19.0. The van der Waals surface area contributed by atoms with E-state index in [2.05, 4.69) is 10.00 Å². The lowest BCUT2D eigenvalue weighted by atomic mass is 9.84. The summed E-state index contributed by atoms with van der Waals surface area (Å²) in [6.45, 7) is 4.37. The van der Waals surface area contributed by atoms with Crippen molar-refractivity contribution >= 4 is 28.9 Å². The van der Waals surface area contributed by atoms with Gasteiger partial charge >= 0.3 is 0 Å². The number of ether oxygens (including phenoxy) is 1. The summed E-state index contributed by atoms with van der Waals surface area (Å²) in [6.07, 6.45) is 2.78. The van der Waals surface area contributed by atoms with Crippen LogP contribution in [0.15, 0.2) is 24.4 Å². The Labute approximate surface area is 208 Å². The van der Waals surface area contributed by atoms with Gasteiger partial charge in [0.05, 0.1) is 21.7 Å². The molecule has 0 N–H and O–H groups in total. The molecule has 0 amide bonds. The molecule has 1 spiro atoms. The number of benzene rings is 1. The summed E-state index contributed by atoms with van der Waals surface area (Å²) in [4.78, 5) is 14.3. The lowest BCUT2D eigenvalue weighted by Gasteiger charge is -2.45. The monoisotopic (exact) mass is 524 g/mol. The van der Waals surface area contributed by atoms with Crippen LogP contribution in [0, 0.1) is 19.7 Å². The van der Waals surface area contributed by atoms with E-state index in [1.54, 1.807) is 13.1 Å². The molecule has 0 bridgehead atoms. The van der Waals surface area contributed by atoms with Gasteiger partial charge in [0.25, 0.3) is 5.92 Å². The molecule has 0 atom stereocenters. The zero-order valence-corrected chi connectivity index (χ0v) is 20.6. The van der Waals surface area contributed by atoms with Crippen LogP contribution in [0.5, 0.6) is 0 Å². The van der Waals surface area contributed by atoms with Crippen molar-refractivity contribution in [2.45, 2.75) is 44.8 Å². The van der Waals surface area contributed by atoms with Crippen LogP contribution in [0.2, 0.25) is 4.34 Å². The van der Waals surface area contributed by atoms with E-state index in [1.807, 2.05) is 0 Å². The van der Waals surface area contributed by atoms with Gasteiger partial charge in [-0.15, -0.1) is 11.3 Å². The number of carboxylic acids is 1. The summed E-state index contributed by atoms with van der Waals surface area (Å²) >= 11 is 7.24. The van der Waals surface area contributed by atoms with Crippen LogP contribution in [-0.4, -0.2) is 40.3 Å². The van der Waals surface area contributed by atoms with E-state index >= 15 is 0 Å². The van der Waals surface area contributed by atoms with Crippen molar-refractivity contribution < 1.29 is 27.8 Å². The van der Waals surface area contributed by atoms with Crippen molar-refractivity contribution in [2.75, 3.05) is 19.7 Å². The minimum absolute atomic E-state index is 0.0292. The molecule has 35 heavy (non-hydrogen) atoms. The number of alkyl halides is 2. The number of aromatic nitrogens is 2. The highest BCUT2D eigenvalue weighted by molar-refractivity contribution is 7.16. The second-order valence-corrected chi connectivity index (χ2v) is 10.8. The average molecular weight is 525 g/mol. The number of hydrogen-bond acceptors (Lipinski definition) is 6. The normalized spacial score (nSPS) is 19.1. The molecule has 4 heterocycles. The molecule has 186 valence electrons. The summed E-state index contributed by atoms with van der Waals surface area (Å²) < 4.78 is 50.4. The van der Waals surface area contributed by atoms with E-state index in [-0.39, 0.29) is 22.4 Å². The number of aryl methyl sites for hydroxylation is 1. The third-order valence-corrected chi connectivity index (χ3v) is 8.36. The summed E-state index contributed by atoms with van der Waals surface area (Å²) in [7, 11) is 0. The molecule has 0 aliphatic carbocycles. The van der Waals surface area contributed by atoms with E-state index in [1.165, 1.54) is 23.7 Å². The van der Waals surface area contributed by atoms with Gasteiger partial charge < -0.3 is 14.6 Å². The number of aromatic carboxylic acids is 1. The van der Waals surface area contributed by atoms with Crippen LogP contribution in [0.1, 0.15) is 50.5 Å². The molecule has 1 saturated heterocycles. The van der Waals surface area contributed by atoms with Crippen molar-refractivity contribution in [3.05, 3.63) is 67.4 Å². The van der Waals surface area contributed by atoms with Gasteiger partial charge in [-0.05, 0) is 44.9 Å². The Kier molecular flexibility index (Phi) is 5.98. The van der Waals surface area contributed by atoms with Gasteiger partial charge in [0.1, 0.15) is 18.0 Å². The number of carboxylic acid groups (broad SMARTS) is 1. The summed E-state index contributed by atoms with van der Waals surface area (Å²) in [5, 5.41) is 16.0. The number of piperidine rings is 1. The van der Waals surface area contributed by atoms with E-state index in [9.17, 15) is 23.1 Å². The van der Waals surface area contributed by atoms with Gasteiger partial charge in [-0.2, -0.15) is 13.9 Å². The highest BCUT2D eigenvalue weighted by Gasteiger charge is 2.51. The van der Waals surface area contributed by atoms with Crippen LogP contribution in [0.25, 0.3) is 5.69 Å². The minimum Gasteiger partial charge on any atom is -0.545 e. The van der Waals surface area contributed by atoms with Gasteiger partial charge in [0, 0.05) is 53.0 Å². The molecule has 0 radical (unpaired) electrons. The SMILES string of the molecule is Cc1nn(-c2c(C(=O)[O-])ccc(F)c2C)cc1CN1CCC2(CC1)OCC(F)(F)c1cc(Cl)sc12. The summed E-state index contributed by atoms with van der Waals surface area (Å²) in [5.74, 6) is -5.00. The highest BCUT2D eigenvalue weighted by atomic mass is 35.5. The Morgan fingerprint density at radius 1 is 1.29 bits per heavy atom. The first kappa shape index (κ1) is 24.3. The maximum Gasteiger partial charge on any atom is 0.297 e. The molecule has 6 nitrogen and oxygen atoms in total. The van der Waals surface area contributed by atoms with Crippen LogP contribution in [0.3, 0.4) is 0 Å². The Hall–Kier alpha value is -2.40. The van der Waals surface area contributed by atoms with Gasteiger partial charge in [0.15, 0.2) is 0 Å². The first-order valence-corrected chi connectivity index (χ1v) is 12.3. The van der Waals surface area contributed by atoms with E-state index in [0.29, 0.717) is 47.4 Å². The van der Waals surface area contributed by atoms with E-state index < -0.39 is 29.9 Å². The van der Waals surface area contributed by atoms with Gasteiger partial charge in [-0.1, -0.05) is 11.6 Å². The molecule has 2 aliphatic heterocycles. The predicted molar refractivity (Wildman–Crippen MR) is 123 cm³/mol. The summed E-state index contributed by atoms with van der Waals surface area (Å²) in [5.41, 5.74) is 0.886. The Morgan fingerprint density at radius 2 is 2.00 bits per heavy atom. The molecule has 0 saturated carbocycles. The molecular weight excluding hydrogens is 503 g/mol. The molecule has 2 aliphatic rings. The number of nitrogens with zero attached hydrogens (tertiary/aromatic N) is 3. The molecule has 0 unspecified atom stereocenters. The molecule has 3 aromatic rings. The third kappa shape index (κ3) is 4.16. The van der Waals surface area contributed by atoms with Crippen molar-refractivity contribution in [1.82, 2.24) is 14.7 Å². The summed E-state index contributed by atoms with van der Waals surface area (Å²) in [6, 6.07) is 3.62. The first-order valence-electron chi connectivity index (χ1n) is 11.1. The molecule has 2 aromatic heterocycles. The predicted octanol–water partition coefficient (Wildman–Crippen LogP) is 4.32. The minimum atomic E-state index is -3.05. The highest BCUT2D eigenvalue weighted by Crippen LogP contribution is 2.52. The second kappa shape index (κ2) is 8.62. The fraction of sp³-hybridized carbons (Fsp3) is 0.417.